The molecule has 4 atom stereocenters. The maximum Gasteiger partial charge on any atom is 0.253 e. The summed E-state index contributed by atoms with van der Waals surface area (Å²) in [4.78, 5) is 78.9. The smallest absolute Gasteiger partial charge is 0.253 e. The van der Waals surface area contributed by atoms with E-state index in [0.29, 0.717) is 10.8 Å². The highest BCUT2D eigenvalue weighted by molar-refractivity contribution is 6.20. The third-order valence-corrected chi connectivity index (χ3v) is 7.58. The Kier molecular flexibility index (Phi) is 10.6. The van der Waals surface area contributed by atoms with Gasteiger partial charge >= 0.3 is 0 Å². The van der Waals surface area contributed by atoms with Crippen molar-refractivity contribution in [3.8, 4) is 0 Å². The summed E-state index contributed by atoms with van der Waals surface area (Å²) in [6.45, 7) is 7.48. The first-order valence-electron chi connectivity index (χ1n) is 14.2. The minimum absolute atomic E-state index is 0.0853. The molecule has 1 heterocycles. The maximum absolute atomic E-state index is 13.8. The van der Waals surface area contributed by atoms with Gasteiger partial charge in [0, 0.05) is 19.4 Å². The Hall–Kier alpha value is -4.12. The molecular formula is C31H41N5O6. The van der Waals surface area contributed by atoms with Crippen LogP contribution in [-0.2, 0) is 35.2 Å². The molecule has 42 heavy (non-hydrogen) atoms. The lowest BCUT2D eigenvalue weighted by atomic mass is 9.84. The van der Waals surface area contributed by atoms with Crippen LogP contribution in [0.4, 0.5) is 0 Å². The lowest BCUT2D eigenvalue weighted by Crippen LogP contribution is -2.70. The van der Waals surface area contributed by atoms with Crippen molar-refractivity contribution in [3.63, 3.8) is 0 Å². The Morgan fingerprint density at radius 2 is 1.67 bits per heavy atom. The number of Topliss-reactive ketones (excluding diaryl/α,β-unsaturated/α-hetero) is 1. The zero-order chi connectivity index (χ0) is 31.2. The van der Waals surface area contributed by atoms with Crippen molar-refractivity contribution in [1.29, 1.82) is 0 Å². The Bertz CT molecular complexity index is 1370. The zero-order valence-electron chi connectivity index (χ0n) is 24.6. The van der Waals surface area contributed by atoms with Gasteiger partial charge in [0.15, 0.2) is 11.3 Å². The number of nitrogens with two attached hydrogens (primary N) is 2. The number of imide groups is 1. The van der Waals surface area contributed by atoms with Gasteiger partial charge in [0.1, 0.15) is 6.04 Å². The fourth-order valence-corrected chi connectivity index (χ4v) is 5.40. The average Bonchev–Trinajstić information content (AvgIpc) is 2.92. The summed E-state index contributed by atoms with van der Waals surface area (Å²) in [5.41, 5.74) is 10.2. The van der Waals surface area contributed by atoms with E-state index in [4.69, 9.17) is 11.5 Å². The van der Waals surface area contributed by atoms with Gasteiger partial charge in [-0.2, -0.15) is 0 Å². The van der Waals surface area contributed by atoms with Gasteiger partial charge in [0.05, 0.1) is 12.5 Å². The Labute approximate surface area is 245 Å². The normalized spacial score (nSPS) is 19.3. The molecule has 0 aliphatic carbocycles. The van der Waals surface area contributed by atoms with Gasteiger partial charge in [-0.1, -0.05) is 63.2 Å². The molecular weight excluding hydrogens is 538 g/mol. The molecule has 226 valence electrons. The summed E-state index contributed by atoms with van der Waals surface area (Å²) in [6.07, 6.45) is -0.232. The van der Waals surface area contributed by atoms with Gasteiger partial charge in [-0.25, -0.2) is 0 Å². The largest absolute Gasteiger partial charge is 0.370 e. The number of carbonyl (C=O) groups excluding carboxylic acids is 6. The number of benzene rings is 2. The molecule has 1 unspecified atom stereocenters. The number of carbonyl (C=O) groups is 6. The van der Waals surface area contributed by atoms with Gasteiger partial charge in [0.2, 0.25) is 17.7 Å². The van der Waals surface area contributed by atoms with Crippen LogP contribution < -0.4 is 22.1 Å². The SMILES string of the molecule is CC(C)CC(C)CNC(=O)[C@@]1(C)C(=O)CCC(=O)N1C(=O)[C@H](CC(N)=O)NC(=O)[C@@H](N)Cc1ccc2ccccc2c1. The van der Waals surface area contributed by atoms with E-state index in [1.165, 1.54) is 6.92 Å². The lowest BCUT2D eigenvalue weighted by molar-refractivity contribution is -0.168. The van der Waals surface area contributed by atoms with E-state index in [1.54, 1.807) is 0 Å². The highest BCUT2D eigenvalue weighted by atomic mass is 16.2. The van der Waals surface area contributed by atoms with Crippen molar-refractivity contribution in [2.75, 3.05) is 6.54 Å². The van der Waals surface area contributed by atoms with Gasteiger partial charge in [-0.15, -0.1) is 0 Å². The number of hydrogen-bond acceptors (Lipinski definition) is 7. The molecule has 3 rings (SSSR count). The Morgan fingerprint density at radius 1 is 1.00 bits per heavy atom. The number of nitrogens with one attached hydrogen (secondary N) is 2. The van der Waals surface area contributed by atoms with E-state index < -0.39 is 59.4 Å². The topological polar surface area (TPSA) is 182 Å². The standard InChI is InChI=1S/C31H41N5O6/c1-18(2)13-19(3)17-34-30(42)31(4)25(37)11-12-27(39)36(31)29(41)24(16-26(33)38)35-28(40)23(32)15-20-9-10-21-7-5-6-8-22(21)14-20/h5-10,14,18-19,23-24H,11-13,15-17,32H2,1-4H3,(H2,33,38)(H,34,42)(H,35,40)/t19?,23-,24-,31+/m0/s1. The molecule has 0 saturated carbocycles. The number of fused-ring (bicyclic) bond motifs is 1. The molecule has 5 amide bonds. The van der Waals surface area contributed by atoms with Crippen LogP contribution in [0, 0.1) is 11.8 Å². The quantitative estimate of drug-likeness (QED) is 0.274. The van der Waals surface area contributed by atoms with Crippen molar-refractivity contribution in [2.45, 2.75) is 77.4 Å². The second-order valence-electron chi connectivity index (χ2n) is 11.7. The van der Waals surface area contributed by atoms with E-state index in [-0.39, 0.29) is 31.7 Å². The van der Waals surface area contributed by atoms with Crippen LogP contribution in [0.15, 0.2) is 42.5 Å². The van der Waals surface area contributed by atoms with Crippen molar-refractivity contribution < 1.29 is 28.8 Å². The van der Waals surface area contributed by atoms with Crippen molar-refractivity contribution in [3.05, 3.63) is 48.0 Å². The zero-order valence-corrected chi connectivity index (χ0v) is 24.6. The number of primary amides is 1. The average molecular weight is 580 g/mol. The van der Waals surface area contributed by atoms with Crippen LogP contribution in [0.3, 0.4) is 0 Å². The lowest BCUT2D eigenvalue weighted by Gasteiger charge is -2.42. The van der Waals surface area contributed by atoms with Crippen LogP contribution in [0.25, 0.3) is 10.8 Å². The molecule has 11 heteroatoms. The molecule has 0 aromatic heterocycles. The molecule has 1 saturated heterocycles. The molecule has 0 spiro atoms. The second kappa shape index (κ2) is 13.7. The summed E-state index contributed by atoms with van der Waals surface area (Å²) in [5, 5.41) is 7.13. The summed E-state index contributed by atoms with van der Waals surface area (Å²) in [5.74, 6) is -4.49. The number of nitrogens with zero attached hydrogens (tertiary/aromatic N) is 1. The van der Waals surface area contributed by atoms with E-state index in [9.17, 15) is 28.8 Å². The third-order valence-electron chi connectivity index (χ3n) is 7.58. The molecule has 6 N–H and O–H groups in total. The maximum atomic E-state index is 13.8. The third kappa shape index (κ3) is 7.58. The van der Waals surface area contributed by atoms with Crippen LogP contribution in [0.1, 0.15) is 58.9 Å². The summed E-state index contributed by atoms with van der Waals surface area (Å²) < 4.78 is 0. The van der Waals surface area contributed by atoms with Gasteiger partial charge in [-0.05, 0) is 47.9 Å². The summed E-state index contributed by atoms with van der Waals surface area (Å²) in [7, 11) is 0. The van der Waals surface area contributed by atoms with Gasteiger partial charge < -0.3 is 22.1 Å². The molecule has 0 bridgehead atoms. The van der Waals surface area contributed by atoms with Crippen LogP contribution in [0.2, 0.25) is 0 Å². The minimum Gasteiger partial charge on any atom is -0.370 e. The summed E-state index contributed by atoms with van der Waals surface area (Å²) in [6, 6.07) is 10.6. The van der Waals surface area contributed by atoms with Gasteiger partial charge in [0.25, 0.3) is 11.8 Å². The first-order chi connectivity index (χ1) is 19.7. The first-order valence-corrected chi connectivity index (χ1v) is 14.2. The van der Waals surface area contributed by atoms with Gasteiger partial charge in [-0.3, -0.25) is 33.7 Å². The van der Waals surface area contributed by atoms with E-state index >= 15 is 0 Å². The van der Waals surface area contributed by atoms with Crippen molar-refractivity contribution in [2.24, 2.45) is 23.3 Å². The van der Waals surface area contributed by atoms with E-state index in [2.05, 4.69) is 10.6 Å². The first kappa shape index (κ1) is 32.4. The van der Waals surface area contributed by atoms with Crippen LogP contribution >= 0.6 is 0 Å². The molecule has 2 aromatic rings. The van der Waals surface area contributed by atoms with Crippen LogP contribution in [-0.4, -0.2) is 64.4 Å². The fraction of sp³-hybridized carbons (Fsp3) is 0.484. The number of amides is 5. The van der Waals surface area contributed by atoms with E-state index in [1.807, 2.05) is 63.2 Å². The Balaban J connectivity index is 1.81. The minimum atomic E-state index is -2.15. The molecule has 0 radical (unpaired) electrons. The fourth-order valence-electron chi connectivity index (χ4n) is 5.40. The molecule has 1 fully saturated rings. The van der Waals surface area contributed by atoms with Crippen molar-refractivity contribution in [1.82, 2.24) is 15.5 Å². The predicted molar refractivity (Wildman–Crippen MR) is 157 cm³/mol. The molecule has 1 aliphatic rings. The second-order valence-corrected chi connectivity index (χ2v) is 11.7. The highest BCUT2D eigenvalue weighted by Crippen LogP contribution is 2.28. The Morgan fingerprint density at radius 3 is 2.31 bits per heavy atom. The summed E-state index contributed by atoms with van der Waals surface area (Å²) >= 11 is 0. The monoisotopic (exact) mass is 579 g/mol. The number of piperidine rings is 1. The molecule has 1 aliphatic heterocycles. The number of rotatable bonds is 12. The van der Waals surface area contributed by atoms with Crippen LogP contribution in [0.5, 0.6) is 0 Å². The van der Waals surface area contributed by atoms with Crippen molar-refractivity contribution >= 4 is 46.1 Å². The van der Waals surface area contributed by atoms with E-state index in [0.717, 1.165) is 22.8 Å². The highest BCUT2D eigenvalue weighted by Gasteiger charge is 2.55. The number of hydrogen-bond donors (Lipinski definition) is 4. The predicted octanol–water partition coefficient (Wildman–Crippen LogP) is 1.35. The number of ketones is 1. The number of likely N-dealkylation sites (tertiary alicyclic amines) is 1. The molecule has 11 nitrogen and oxygen atoms in total. The molecule has 2 aromatic carbocycles.